The lowest BCUT2D eigenvalue weighted by Crippen LogP contribution is -2.44. The molecule has 2 N–H and O–H groups in total. The van der Waals surface area contributed by atoms with Crippen LogP contribution in [-0.4, -0.2) is 64.4 Å². The monoisotopic (exact) mass is 282 g/mol. The van der Waals surface area contributed by atoms with Crippen molar-refractivity contribution < 1.29 is 19.4 Å². The minimum absolute atomic E-state index is 0.00320. The molecule has 1 saturated heterocycles. The smallest absolute Gasteiger partial charge is 0.356 e. The first-order valence-corrected chi connectivity index (χ1v) is 6.41. The van der Waals surface area contributed by atoms with Gasteiger partial charge in [-0.15, -0.1) is 0 Å². The first kappa shape index (κ1) is 14.3. The van der Waals surface area contributed by atoms with Crippen LogP contribution in [0.4, 0.5) is 4.79 Å². The minimum Gasteiger partial charge on any atom is -0.476 e. The summed E-state index contributed by atoms with van der Waals surface area (Å²) in [4.78, 5) is 27.9. The quantitative estimate of drug-likeness (QED) is 0.793. The highest BCUT2D eigenvalue weighted by molar-refractivity contribution is 5.84. The second-order valence-electron chi connectivity index (χ2n) is 4.66. The Morgan fingerprint density at radius 2 is 2.45 bits per heavy atom. The number of rotatable bonds is 5. The van der Waals surface area contributed by atoms with Gasteiger partial charge in [-0.2, -0.15) is 0 Å². The summed E-state index contributed by atoms with van der Waals surface area (Å²) in [6, 6.07) is -0.0269. The van der Waals surface area contributed by atoms with Gasteiger partial charge < -0.3 is 24.6 Å². The molecule has 0 aliphatic carbocycles. The van der Waals surface area contributed by atoms with Gasteiger partial charge in [-0.1, -0.05) is 0 Å². The summed E-state index contributed by atoms with van der Waals surface area (Å²) >= 11 is 0. The number of aromatic nitrogens is 2. The molecule has 0 aromatic carbocycles. The van der Waals surface area contributed by atoms with Crippen LogP contribution in [0.2, 0.25) is 0 Å². The number of nitrogens with zero attached hydrogens (tertiary/aromatic N) is 3. The summed E-state index contributed by atoms with van der Waals surface area (Å²) in [7, 11) is 1.74. The number of likely N-dealkylation sites (N-methyl/N-ethyl adjacent to an activating group) is 1. The Morgan fingerprint density at radius 1 is 1.65 bits per heavy atom. The van der Waals surface area contributed by atoms with Crippen LogP contribution >= 0.6 is 0 Å². The van der Waals surface area contributed by atoms with E-state index in [0.717, 1.165) is 6.42 Å². The second-order valence-corrected chi connectivity index (χ2v) is 4.66. The molecule has 8 nitrogen and oxygen atoms in total. The number of imidazole rings is 1. The number of ether oxygens (including phenoxy) is 1. The van der Waals surface area contributed by atoms with E-state index in [-0.39, 0.29) is 17.8 Å². The molecule has 20 heavy (non-hydrogen) atoms. The molecule has 2 amide bonds. The maximum absolute atomic E-state index is 11.9. The molecular formula is C12H18N4O4. The zero-order chi connectivity index (χ0) is 14.5. The highest BCUT2D eigenvalue weighted by Gasteiger charge is 2.23. The van der Waals surface area contributed by atoms with Crippen molar-refractivity contribution in [2.45, 2.75) is 19.0 Å². The number of aromatic carboxylic acids is 1. The number of carbonyl (C=O) groups excluding carboxylic acids is 1. The predicted octanol–water partition coefficient (Wildman–Crippen LogP) is 0.0116. The minimum atomic E-state index is -1.06. The summed E-state index contributed by atoms with van der Waals surface area (Å²) in [6.45, 7) is 2.15. The van der Waals surface area contributed by atoms with Crippen molar-refractivity contribution in [2.24, 2.45) is 0 Å². The van der Waals surface area contributed by atoms with Crippen molar-refractivity contribution in [1.29, 1.82) is 0 Å². The van der Waals surface area contributed by atoms with Crippen molar-refractivity contribution in [1.82, 2.24) is 19.8 Å². The molecule has 0 bridgehead atoms. The Morgan fingerprint density at radius 3 is 3.05 bits per heavy atom. The normalized spacial score (nSPS) is 17.9. The molecule has 110 valence electrons. The average molecular weight is 282 g/mol. The molecule has 0 saturated carbocycles. The van der Waals surface area contributed by atoms with Gasteiger partial charge in [0.2, 0.25) is 0 Å². The number of nitrogens with one attached hydrogen (secondary N) is 1. The first-order valence-electron chi connectivity index (χ1n) is 6.41. The third-order valence-corrected chi connectivity index (χ3v) is 3.27. The van der Waals surface area contributed by atoms with Crippen molar-refractivity contribution in [3.8, 4) is 0 Å². The van der Waals surface area contributed by atoms with Crippen LogP contribution in [-0.2, 0) is 11.3 Å². The summed E-state index contributed by atoms with van der Waals surface area (Å²) in [6.07, 6.45) is 3.72. The Bertz CT molecular complexity index is 482. The third kappa shape index (κ3) is 3.47. The number of carboxylic acids is 1. The van der Waals surface area contributed by atoms with Gasteiger partial charge in [-0.25, -0.2) is 14.6 Å². The topological polar surface area (TPSA) is 96.7 Å². The van der Waals surface area contributed by atoms with E-state index in [2.05, 4.69) is 10.3 Å². The van der Waals surface area contributed by atoms with Gasteiger partial charge in [0.05, 0.1) is 19.0 Å². The molecule has 2 heterocycles. The van der Waals surface area contributed by atoms with Crippen molar-refractivity contribution in [3.63, 3.8) is 0 Å². The Labute approximate surface area is 116 Å². The maximum Gasteiger partial charge on any atom is 0.356 e. The van der Waals surface area contributed by atoms with Crippen LogP contribution in [0.25, 0.3) is 0 Å². The molecule has 0 spiro atoms. The summed E-state index contributed by atoms with van der Waals surface area (Å²) < 4.78 is 6.87. The zero-order valence-corrected chi connectivity index (χ0v) is 11.3. The molecule has 0 radical (unpaired) electrons. The molecule has 2 rings (SSSR count). The molecule has 1 atom stereocenters. The van der Waals surface area contributed by atoms with Crippen LogP contribution in [0.5, 0.6) is 0 Å². The SMILES string of the molecule is CN(C(=O)NCCn1cnc(C(=O)O)c1)C1CCOC1. The van der Waals surface area contributed by atoms with Gasteiger partial charge in [0, 0.05) is 32.9 Å². The fourth-order valence-electron chi connectivity index (χ4n) is 2.00. The van der Waals surface area contributed by atoms with Gasteiger partial charge in [0.1, 0.15) is 0 Å². The van der Waals surface area contributed by atoms with Crippen LogP contribution in [0.15, 0.2) is 12.5 Å². The summed E-state index contributed by atoms with van der Waals surface area (Å²) in [5.41, 5.74) is -0.00320. The van der Waals surface area contributed by atoms with Gasteiger partial charge in [0.25, 0.3) is 0 Å². The predicted molar refractivity (Wildman–Crippen MR) is 69.6 cm³/mol. The van der Waals surface area contributed by atoms with Crippen molar-refractivity contribution >= 4 is 12.0 Å². The van der Waals surface area contributed by atoms with Gasteiger partial charge >= 0.3 is 12.0 Å². The highest BCUT2D eigenvalue weighted by Crippen LogP contribution is 2.10. The van der Waals surface area contributed by atoms with Gasteiger partial charge in [-0.05, 0) is 6.42 Å². The van der Waals surface area contributed by atoms with E-state index in [1.807, 2.05) is 0 Å². The van der Waals surface area contributed by atoms with E-state index in [0.29, 0.717) is 26.3 Å². The number of urea groups is 1. The Kier molecular flexibility index (Phi) is 4.57. The van der Waals surface area contributed by atoms with Crippen molar-refractivity contribution in [2.75, 3.05) is 26.8 Å². The fourth-order valence-corrected chi connectivity index (χ4v) is 2.00. The molecular weight excluding hydrogens is 264 g/mol. The third-order valence-electron chi connectivity index (χ3n) is 3.27. The van der Waals surface area contributed by atoms with Crippen LogP contribution in [0, 0.1) is 0 Å². The zero-order valence-electron chi connectivity index (χ0n) is 11.3. The molecule has 1 aromatic heterocycles. The number of carbonyl (C=O) groups is 2. The molecule has 1 unspecified atom stereocenters. The average Bonchev–Trinajstić information content (AvgIpc) is 3.08. The first-order chi connectivity index (χ1) is 9.58. The van der Waals surface area contributed by atoms with Crippen LogP contribution in [0.3, 0.4) is 0 Å². The number of hydrogen-bond acceptors (Lipinski definition) is 4. The number of hydrogen-bond donors (Lipinski definition) is 2. The highest BCUT2D eigenvalue weighted by atomic mass is 16.5. The molecule has 1 aromatic rings. The lowest BCUT2D eigenvalue weighted by molar-refractivity contribution is 0.0691. The Hall–Kier alpha value is -2.09. The van der Waals surface area contributed by atoms with E-state index < -0.39 is 5.97 Å². The lowest BCUT2D eigenvalue weighted by Gasteiger charge is -2.23. The van der Waals surface area contributed by atoms with Gasteiger partial charge in [-0.3, -0.25) is 0 Å². The number of amides is 2. The van der Waals surface area contributed by atoms with E-state index in [4.69, 9.17) is 9.84 Å². The van der Waals surface area contributed by atoms with E-state index in [1.165, 1.54) is 12.5 Å². The molecule has 1 aliphatic rings. The van der Waals surface area contributed by atoms with E-state index in [9.17, 15) is 9.59 Å². The lowest BCUT2D eigenvalue weighted by atomic mass is 10.2. The van der Waals surface area contributed by atoms with Crippen molar-refractivity contribution in [3.05, 3.63) is 18.2 Å². The Balaban J connectivity index is 1.74. The van der Waals surface area contributed by atoms with Crippen LogP contribution in [0.1, 0.15) is 16.9 Å². The largest absolute Gasteiger partial charge is 0.476 e. The van der Waals surface area contributed by atoms with E-state index in [1.54, 1.807) is 16.5 Å². The number of carboxylic acid groups (broad SMARTS) is 1. The molecule has 1 aliphatic heterocycles. The maximum atomic E-state index is 11.9. The molecule has 8 heteroatoms. The van der Waals surface area contributed by atoms with E-state index >= 15 is 0 Å². The van der Waals surface area contributed by atoms with Crippen LogP contribution < -0.4 is 5.32 Å². The summed E-state index contributed by atoms with van der Waals surface area (Å²) in [5.74, 6) is -1.06. The summed E-state index contributed by atoms with van der Waals surface area (Å²) in [5, 5.41) is 11.5. The second kappa shape index (κ2) is 6.38. The standard InChI is InChI=1S/C12H18N4O4/c1-15(9-2-5-20-7-9)12(19)13-3-4-16-6-10(11(17)18)14-8-16/h6,8-9H,2-5,7H2,1H3,(H,13,19)(H,17,18). The van der Waals surface area contributed by atoms with Gasteiger partial charge in [0.15, 0.2) is 5.69 Å². The fraction of sp³-hybridized carbons (Fsp3) is 0.583. The molecule has 1 fully saturated rings.